The molecule has 1 saturated heterocycles. The third-order valence-corrected chi connectivity index (χ3v) is 3.15. The van der Waals surface area contributed by atoms with Crippen LogP contribution in [0.2, 0.25) is 0 Å². The highest BCUT2D eigenvalue weighted by atomic mass is 16.2. The van der Waals surface area contributed by atoms with Gasteiger partial charge in [-0.05, 0) is 18.2 Å². The maximum atomic E-state index is 12.2. The van der Waals surface area contributed by atoms with E-state index in [1.165, 1.54) is 0 Å². The molecule has 2 amide bonds. The first-order valence-corrected chi connectivity index (χ1v) is 5.88. The normalized spacial score (nSPS) is 18.9. The van der Waals surface area contributed by atoms with E-state index in [2.05, 4.69) is 15.6 Å². The lowest BCUT2D eigenvalue weighted by Gasteiger charge is -2.10. The van der Waals surface area contributed by atoms with Crippen molar-refractivity contribution < 1.29 is 9.59 Å². The molecule has 1 aliphatic rings. The number of nitrogens with one attached hydrogen (secondary N) is 3. The van der Waals surface area contributed by atoms with E-state index in [0.29, 0.717) is 18.5 Å². The zero-order chi connectivity index (χ0) is 12.5. The molecule has 0 saturated carbocycles. The molecule has 3 rings (SSSR count). The number of benzene rings is 1. The van der Waals surface area contributed by atoms with Crippen molar-refractivity contribution in [1.29, 1.82) is 0 Å². The van der Waals surface area contributed by atoms with Gasteiger partial charge in [0.2, 0.25) is 5.91 Å². The number of aromatic amines is 1. The van der Waals surface area contributed by atoms with Gasteiger partial charge in [0.25, 0.3) is 5.91 Å². The minimum atomic E-state index is -0.137. The van der Waals surface area contributed by atoms with E-state index in [1.807, 2.05) is 24.4 Å². The number of fused-ring (bicyclic) bond motifs is 1. The molecular formula is C13H13N3O2. The highest BCUT2D eigenvalue weighted by Crippen LogP contribution is 2.17. The molecule has 5 heteroatoms. The predicted octanol–water partition coefficient (Wildman–Crippen LogP) is 0.786. The van der Waals surface area contributed by atoms with E-state index in [9.17, 15) is 9.59 Å². The summed E-state index contributed by atoms with van der Waals surface area (Å²) in [5.41, 5.74) is 1.57. The highest BCUT2D eigenvalue weighted by Gasteiger charge is 2.23. The smallest absolute Gasteiger partial charge is 0.252 e. The zero-order valence-corrected chi connectivity index (χ0v) is 9.69. The zero-order valence-electron chi connectivity index (χ0n) is 9.69. The van der Waals surface area contributed by atoms with Crippen molar-refractivity contribution in [2.75, 3.05) is 6.54 Å². The Labute approximate surface area is 104 Å². The van der Waals surface area contributed by atoms with Gasteiger partial charge in [-0.2, -0.15) is 0 Å². The third kappa shape index (κ3) is 1.84. The number of hydrogen-bond acceptors (Lipinski definition) is 2. The number of hydrogen-bond donors (Lipinski definition) is 3. The summed E-state index contributed by atoms with van der Waals surface area (Å²) in [6.07, 6.45) is 2.16. The summed E-state index contributed by atoms with van der Waals surface area (Å²) in [6.45, 7) is 0.508. The van der Waals surface area contributed by atoms with Crippen molar-refractivity contribution >= 4 is 22.7 Å². The van der Waals surface area contributed by atoms with Crippen molar-refractivity contribution in [2.24, 2.45) is 0 Å². The molecule has 1 fully saturated rings. The molecule has 1 aromatic heterocycles. The Morgan fingerprint density at radius 1 is 1.33 bits per heavy atom. The second-order valence-electron chi connectivity index (χ2n) is 4.42. The molecule has 1 aromatic carbocycles. The van der Waals surface area contributed by atoms with Crippen LogP contribution in [0.15, 0.2) is 30.5 Å². The van der Waals surface area contributed by atoms with Gasteiger partial charge in [-0.15, -0.1) is 0 Å². The molecule has 0 aliphatic carbocycles. The fourth-order valence-electron chi connectivity index (χ4n) is 2.25. The van der Waals surface area contributed by atoms with Gasteiger partial charge in [0.1, 0.15) is 0 Å². The average molecular weight is 243 g/mol. The van der Waals surface area contributed by atoms with Crippen molar-refractivity contribution in [3.63, 3.8) is 0 Å². The molecule has 2 heterocycles. The largest absolute Gasteiger partial charge is 0.361 e. The molecule has 0 radical (unpaired) electrons. The maximum Gasteiger partial charge on any atom is 0.252 e. The number of H-pyrrole nitrogens is 1. The van der Waals surface area contributed by atoms with Crippen LogP contribution in [-0.4, -0.2) is 29.4 Å². The quantitative estimate of drug-likeness (QED) is 0.729. The third-order valence-electron chi connectivity index (χ3n) is 3.15. The van der Waals surface area contributed by atoms with Crippen LogP contribution in [0.5, 0.6) is 0 Å². The minimum absolute atomic E-state index is 0.0137. The van der Waals surface area contributed by atoms with Gasteiger partial charge in [0, 0.05) is 35.6 Å². The second-order valence-corrected chi connectivity index (χ2v) is 4.42. The molecule has 2 aromatic rings. The van der Waals surface area contributed by atoms with Crippen LogP contribution in [0.1, 0.15) is 16.8 Å². The summed E-state index contributed by atoms with van der Waals surface area (Å²) < 4.78 is 0. The summed E-state index contributed by atoms with van der Waals surface area (Å²) in [5, 5.41) is 6.47. The number of aromatic nitrogens is 1. The van der Waals surface area contributed by atoms with Crippen LogP contribution in [0, 0.1) is 0 Å². The van der Waals surface area contributed by atoms with Gasteiger partial charge in [-0.1, -0.05) is 6.07 Å². The van der Waals surface area contributed by atoms with Crippen molar-refractivity contribution in [3.05, 3.63) is 36.0 Å². The van der Waals surface area contributed by atoms with E-state index >= 15 is 0 Å². The van der Waals surface area contributed by atoms with Crippen molar-refractivity contribution in [3.8, 4) is 0 Å². The fourth-order valence-corrected chi connectivity index (χ4v) is 2.25. The van der Waals surface area contributed by atoms with Crippen LogP contribution in [0.3, 0.4) is 0 Å². The monoisotopic (exact) mass is 243 g/mol. The van der Waals surface area contributed by atoms with Crippen molar-refractivity contribution in [2.45, 2.75) is 12.5 Å². The first-order chi connectivity index (χ1) is 8.74. The SMILES string of the molecule is O=C1CC(NC(=O)c2cccc3[nH]ccc23)CN1. The predicted molar refractivity (Wildman–Crippen MR) is 67.2 cm³/mol. The molecule has 92 valence electrons. The number of rotatable bonds is 2. The molecule has 18 heavy (non-hydrogen) atoms. The molecular weight excluding hydrogens is 230 g/mol. The van der Waals surface area contributed by atoms with E-state index in [-0.39, 0.29) is 17.9 Å². The van der Waals surface area contributed by atoms with Crippen LogP contribution in [-0.2, 0) is 4.79 Å². The summed E-state index contributed by atoms with van der Waals surface area (Å²) >= 11 is 0. The Kier molecular flexibility index (Phi) is 2.51. The minimum Gasteiger partial charge on any atom is -0.361 e. The lowest BCUT2D eigenvalue weighted by atomic mass is 10.1. The van der Waals surface area contributed by atoms with Gasteiger partial charge in [-0.25, -0.2) is 0 Å². The Morgan fingerprint density at radius 2 is 2.22 bits per heavy atom. The van der Waals surface area contributed by atoms with E-state index in [0.717, 1.165) is 10.9 Å². The average Bonchev–Trinajstić information content (AvgIpc) is 2.97. The summed E-state index contributed by atoms with van der Waals surface area (Å²) in [7, 11) is 0. The Bertz CT molecular complexity index is 617. The van der Waals surface area contributed by atoms with Crippen LogP contribution in [0.25, 0.3) is 10.9 Å². The molecule has 1 unspecified atom stereocenters. The Morgan fingerprint density at radius 3 is 3.00 bits per heavy atom. The van der Waals surface area contributed by atoms with E-state index in [4.69, 9.17) is 0 Å². The lowest BCUT2D eigenvalue weighted by molar-refractivity contribution is -0.119. The van der Waals surface area contributed by atoms with Crippen molar-refractivity contribution in [1.82, 2.24) is 15.6 Å². The second kappa shape index (κ2) is 4.18. The number of carbonyl (C=O) groups is 2. The summed E-state index contributed by atoms with van der Waals surface area (Å²) in [5.74, 6) is -0.151. The molecule has 1 aliphatic heterocycles. The summed E-state index contributed by atoms with van der Waals surface area (Å²) in [6, 6.07) is 7.32. The van der Waals surface area contributed by atoms with Gasteiger partial charge < -0.3 is 15.6 Å². The Hall–Kier alpha value is -2.30. The van der Waals surface area contributed by atoms with Gasteiger partial charge in [0.05, 0.1) is 6.04 Å². The number of carbonyl (C=O) groups excluding carboxylic acids is 2. The maximum absolute atomic E-state index is 12.2. The van der Waals surface area contributed by atoms with Gasteiger partial charge in [0.15, 0.2) is 0 Å². The molecule has 3 N–H and O–H groups in total. The highest BCUT2D eigenvalue weighted by molar-refractivity contribution is 6.06. The molecule has 5 nitrogen and oxygen atoms in total. The van der Waals surface area contributed by atoms with Gasteiger partial charge >= 0.3 is 0 Å². The first-order valence-electron chi connectivity index (χ1n) is 5.88. The summed E-state index contributed by atoms with van der Waals surface area (Å²) in [4.78, 5) is 26.3. The molecule has 1 atom stereocenters. The fraction of sp³-hybridized carbons (Fsp3) is 0.231. The molecule has 0 bridgehead atoms. The van der Waals surface area contributed by atoms with E-state index < -0.39 is 0 Å². The topological polar surface area (TPSA) is 74.0 Å². The van der Waals surface area contributed by atoms with Crippen LogP contribution in [0.4, 0.5) is 0 Å². The first kappa shape index (κ1) is 10.8. The van der Waals surface area contributed by atoms with Crippen LogP contribution >= 0.6 is 0 Å². The lowest BCUT2D eigenvalue weighted by Crippen LogP contribution is -2.36. The Balaban J connectivity index is 1.83. The van der Waals surface area contributed by atoms with Gasteiger partial charge in [-0.3, -0.25) is 9.59 Å². The van der Waals surface area contributed by atoms with Crippen LogP contribution < -0.4 is 10.6 Å². The number of amides is 2. The standard InChI is InChI=1S/C13H13N3O2/c17-12-6-8(7-15-12)16-13(18)10-2-1-3-11-9(10)4-5-14-11/h1-5,8,14H,6-7H2,(H,15,17)(H,16,18). The molecule has 0 spiro atoms. The van der Waals surface area contributed by atoms with E-state index in [1.54, 1.807) is 6.07 Å².